The van der Waals surface area contributed by atoms with Crippen molar-refractivity contribution in [1.29, 1.82) is 0 Å². The Labute approximate surface area is 217 Å². The smallest absolute Gasteiger partial charge is 0.267 e. The molecule has 0 spiro atoms. The maximum Gasteiger partial charge on any atom is 0.267 e. The van der Waals surface area contributed by atoms with Crippen molar-refractivity contribution in [2.24, 2.45) is 4.99 Å². The molecule has 0 aliphatic carbocycles. The zero-order chi connectivity index (χ0) is 25.3. The summed E-state index contributed by atoms with van der Waals surface area (Å²) in [6.45, 7) is 4.80. The molecular weight excluding hydrogens is 468 g/mol. The van der Waals surface area contributed by atoms with E-state index in [0.717, 1.165) is 36.1 Å². The summed E-state index contributed by atoms with van der Waals surface area (Å²) in [5.41, 5.74) is 2.67. The average molecular weight is 501 g/mol. The lowest BCUT2D eigenvalue weighted by molar-refractivity contribution is -0.123. The first-order valence-electron chi connectivity index (χ1n) is 12.3. The predicted octanol–water partition coefficient (Wildman–Crippen LogP) is 7.63. The Balaban J connectivity index is 1.71. The van der Waals surface area contributed by atoms with E-state index < -0.39 is 0 Å². The highest BCUT2D eigenvalue weighted by Gasteiger charge is 2.37. The van der Waals surface area contributed by atoms with Crippen molar-refractivity contribution in [3.8, 4) is 11.5 Å². The second-order valence-electron chi connectivity index (χ2n) is 8.54. The van der Waals surface area contributed by atoms with Gasteiger partial charge in [-0.15, -0.1) is 0 Å². The van der Waals surface area contributed by atoms with Crippen molar-refractivity contribution in [1.82, 2.24) is 4.90 Å². The van der Waals surface area contributed by atoms with E-state index in [-0.39, 0.29) is 11.9 Å². The molecule has 1 atom stereocenters. The normalized spacial score (nSPS) is 16.5. The third-order valence-corrected chi connectivity index (χ3v) is 6.98. The van der Waals surface area contributed by atoms with E-state index in [1.165, 1.54) is 11.8 Å². The van der Waals surface area contributed by atoms with Gasteiger partial charge in [0.15, 0.2) is 16.7 Å². The van der Waals surface area contributed by atoms with Gasteiger partial charge in [0.2, 0.25) is 0 Å². The lowest BCUT2D eigenvalue weighted by Crippen LogP contribution is -2.32. The molecule has 4 rings (SSSR count). The lowest BCUT2D eigenvalue weighted by Gasteiger charge is -2.24. The van der Waals surface area contributed by atoms with Crippen LogP contribution in [0.3, 0.4) is 0 Å². The summed E-state index contributed by atoms with van der Waals surface area (Å²) in [4.78, 5) is 21.0. The summed E-state index contributed by atoms with van der Waals surface area (Å²) < 4.78 is 11.7. The van der Waals surface area contributed by atoms with Gasteiger partial charge in [0.05, 0.1) is 30.4 Å². The minimum absolute atomic E-state index is 0.0780. The van der Waals surface area contributed by atoms with Crippen molar-refractivity contribution in [3.63, 3.8) is 0 Å². The van der Waals surface area contributed by atoms with E-state index in [4.69, 9.17) is 14.5 Å². The van der Waals surface area contributed by atoms with E-state index in [1.54, 1.807) is 12.0 Å². The first kappa shape index (κ1) is 25.6. The van der Waals surface area contributed by atoms with E-state index in [9.17, 15) is 4.79 Å². The number of hydrogen-bond acceptors (Lipinski definition) is 5. The maximum atomic E-state index is 13.8. The number of amidine groups is 1. The Kier molecular flexibility index (Phi) is 8.85. The Bertz CT molecular complexity index is 1230. The number of carbonyl (C=O) groups is 1. The molecule has 6 heteroatoms. The van der Waals surface area contributed by atoms with Gasteiger partial charge >= 0.3 is 0 Å². The van der Waals surface area contributed by atoms with Gasteiger partial charge in [-0.2, -0.15) is 0 Å². The molecule has 0 unspecified atom stereocenters. The predicted molar refractivity (Wildman–Crippen MR) is 149 cm³/mol. The van der Waals surface area contributed by atoms with Crippen LogP contribution >= 0.6 is 11.8 Å². The van der Waals surface area contributed by atoms with Crippen LogP contribution < -0.4 is 9.47 Å². The Morgan fingerprint density at radius 1 is 0.972 bits per heavy atom. The van der Waals surface area contributed by atoms with Crippen LogP contribution in [0.25, 0.3) is 6.08 Å². The first-order chi connectivity index (χ1) is 17.6. The molecule has 1 amide bonds. The third-order valence-electron chi connectivity index (χ3n) is 6.00. The van der Waals surface area contributed by atoms with Crippen LogP contribution in [0.1, 0.15) is 50.3 Å². The Morgan fingerprint density at radius 2 is 1.69 bits per heavy atom. The summed E-state index contributed by atoms with van der Waals surface area (Å²) in [6, 6.07) is 25.3. The van der Waals surface area contributed by atoms with Crippen LogP contribution in [0.2, 0.25) is 0 Å². The summed E-state index contributed by atoms with van der Waals surface area (Å²) in [6.07, 6.45) is 5.08. The number of methoxy groups -OCH3 is 1. The summed E-state index contributed by atoms with van der Waals surface area (Å²) in [7, 11) is 1.63. The number of ether oxygens (including phenoxy) is 2. The number of para-hydroxylation sites is 2. The minimum Gasteiger partial charge on any atom is -0.493 e. The molecular formula is C30H32N2O3S. The molecule has 3 aromatic carbocycles. The average Bonchev–Trinajstić information content (AvgIpc) is 3.21. The van der Waals surface area contributed by atoms with Crippen molar-refractivity contribution >= 4 is 34.6 Å². The number of benzene rings is 3. The lowest BCUT2D eigenvalue weighted by atomic mass is 10.1. The van der Waals surface area contributed by atoms with Crippen LogP contribution in [-0.4, -0.2) is 29.7 Å². The van der Waals surface area contributed by atoms with Crippen LogP contribution in [0, 0.1) is 0 Å². The maximum absolute atomic E-state index is 13.8. The third kappa shape index (κ3) is 6.00. The molecule has 0 aromatic heterocycles. The van der Waals surface area contributed by atoms with Crippen LogP contribution in [0.5, 0.6) is 11.5 Å². The quantitative estimate of drug-likeness (QED) is 0.212. The topological polar surface area (TPSA) is 51.1 Å². The highest BCUT2D eigenvalue weighted by molar-refractivity contribution is 8.18. The van der Waals surface area contributed by atoms with Gasteiger partial charge in [-0.25, -0.2) is 4.99 Å². The van der Waals surface area contributed by atoms with Crippen molar-refractivity contribution in [3.05, 3.63) is 94.9 Å². The van der Waals surface area contributed by atoms with Gasteiger partial charge in [-0.3, -0.25) is 9.69 Å². The van der Waals surface area contributed by atoms with E-state index in [0.29, 0.717) is 28.2 Å². The number of carbonyl (C=O) groups excluding carboxylic acids is 1. The molecule has 0 N–H and O–H groups in total. The molecule has 1 saturated heterocycles. The van der Waals surface area contributed by atoms with Gasteiger partial charge in [-0.05, 0) is 54.9 Å². The van der Waals surface area contributed by atoms with Gasteiger partial charge in [0.25, 0.3) is 5.91 Å². The number of rotatable bonds is 10. The molecule has 36 heavy (non-hydrogen) atoms. The Hall–Kier alpha value is -3.51. The molecule has 186 valence electrons. The molecule has 1 aliphatic heterocycles. The number of hydrogen-bond donors (Lipinski definition) is 0. The standard InChI is InChI=1S/C30H32N2O3S/c1-4-5-12-20-35-28-24(16-13-19-26(28)34-3)21-27-29(33)32(22(2)23-14-8-6-9-15-23)30(36-27)31-25-17-10-7-11-18-25/h6-11,13-19,21-22H,4-5,12,20H2,1-3H3/b27-21+,31-30?/t22-/m0/s1. The minimum atomic E-state index is -0.172. The number of nitrogens with zero attached hydrogens (tertiary/aromatic N) is 2. The fraction of sp³-hybridized carbons (Fsp3) is 0.267. The van der Waals surface area contributed by atoms with Crippen LogP contribution in [0.4, 0.5) is 5.69 Å². The summed E-state index contributed by atoms with van der Waals surface area (Å²) in [5.74, 6) is 1.24. The molecule has 1 fully saturated rings. The number of thioether (sulfide) groups is 1. The SMILES string of the molecule is CCCCCOc1c(/C=C2/SC(=Nc3ccccc3)N([C@@H](C)c3ccccc3)C2=O)cccc1OC. The largest absolute Gasteiger partial charge is 0.493 e. The van der Waals surface area contributed by atoms with E-state index in [2.05, 4.69) is 6.92 Å². The van der Waals surface area contributed by atoms with E-state index >= 15 is 0 Å². The fourth-order valence-corrected chi connectivity index (χ4v) is 5.09. The zero-order valence-electron chi connectivity index (χ0n) is 21.0. The molecule has 5 nitrogen and oxygen atoms in total. The van der Waals surface area contributed by atoms with Gasteiger partial charge < -0.3 is 9.47 Å². The summed E-state index contributed by atoms with van der Waals surface area (Å²) >= 11 is 1.38. The molecule has 0 radical (unpaired) electrons. The zero-order valence-corrected chi connectivity index (χ0v) is 21.8. The van der Waals surface area contributed by atoms with Gasteiger partial charge in [0.1, 0.15) is 0 Å². The van der Waals surface area contributed by atoms with Crippen molar-refractivity contribution in [2.45, 2.75) is 39.2 Å². The van der Waals surface area contributed by atoms with Gasteiger partial charge in [-0.1, -0.05) is 80.4 Å². The molecule has 1 heterocycles. The number of amides is 1. The highest BCUT2D eigenvalue weighted by Crippen LogP contribution is 2.41. The Morgan fingerprint density at radius 3 is 2.39 bits per heavy atom. The van der Waals surface area contributed by atoms with Crippen molar-refractivity contribution in [2.75, 3.05) is 13.7 Å². The monoisotopic (exact) mass is 500 g/mol. The fourth-order valence-electron chi connectivity index (χ4n) is 4.03. The van der Waals surface area contributed by atoms with E-state index in [1.807, 2.05) is 91.9 Å². The number of unbranched alkanes of at least 4 members (excludes halogenated alkanes) is 2. The second-order valence-corrected chi connectivity index (χ2v) is 9.55. The van der Waals surface area contributed by atoms with Crippen LogP contribution in [0.15, 0.2) is 88.8 Å². The van der Waals surface area contributed by atoms with Crippen LogP contribution in [-0.2, 0) is 4.79 Å². The first-order valence-corrected chi connectivity index (χ1v) is 13.2. The highest BCUT2D eigenvalue weighted by atomic mass is 32.2. The molecule has 1 aliphatic rings. The second kappa shape index (κ2) is 12.5. The van der Waals surface area contributed by atoms with Gasteiger partial charge in [0, 0.05) is 5.56 Å². The number of aliphatic imine (C=N–C) groups is 1. The van der Waals surface area contributed by atoms with Crippen molar-refractivity contribution < 1.29 is 14.3 Å². The molecule has 3 aromatic rings. The molecule has 0 saturated carbocycles. The summed E-state index contributed by atoms with van der Waals surface area (Å²) in [5, 5.41) is 0.655. The molecule has 0 bridgehead atoms.